The molecule has 0 atom stereocenters. The Hall–Kier alpha value is -3.24. The Kier molecular flexibility index (Phi) is 6.80. The maximum Gasteiger partial charge on any atom is 0.305 e. The van der Waals surface area contributed by atoms with E-state index in [1.54, 1.807) is 42.5 Å². The van der Waals surface area contributed by atoms with Crippen LogP contribution in [-0.4, -0.2) is 37.7 Å². The van der Waals surface area contributed by atoms with E-state index in [1.165, 1.54) is 17.0 Å². The Labute approximate surface area is 181 Å². The van der Waals surface area contributed by atoms with Crippen LogP contribution in [0.4, 0.5) is 5.69 Å². The number of thioether (sulfide) groups is 1. The van der Waals surface area contributed by atoms with Gasteiger partial charge in [-0.15, -0.1) is 0 Å². The van der Waals surface area contributed by atoms with Crippen molar-refractivity contribution in [2.24, 2.45) is 0 Å². The molecule has 1 heterocycles. The van der Waals surface area contributed by atoms with Gasteiger partial charge in [0.1, 0.15) is 16.7 Å². The summed E-state index contributed by atoms with van der Waals surface area (Å²) >= 11 is 6.31. The first-order valence-electron chi connectivity index (χ1n) is 8.77. The van der Waals surface area contributed by atoms with Crippen molar-refractivity contribution in [3.63, 3.8) is 0 Å². The molecule has 1 saturated heterocycles. The summed E-state index contributed by atoms with van der Waals surface area (Å²) in [7, 11) is 0. The summed E-state index contributed by atoms with van der Waals surface area (Å²) in [6.07, 6.45) is 1.47. The third-order valence-electron chi connectivity index (χ3n) is 4.17. The van der Waals surface area contributed by atoms with E-state index in [-0.39, 0.29) is 31.2 Å². The molecule has 0 saturated carbocycles. The molecule has 0 aromatic heterocycles. The van der Waals surface area contributed by atoms with E-state index < -0.39 is 10.9 Å². The second-order valence-electron chi connectivity index (χ2n) is 6.23. The zero-order chi connectivity index (χ0) is 21.7. The minimum absolute atomic E-state index is 0.00377. The molecular weight excluding hydrogens is 428 g/mol. The SMILES string of the molecule is O=C(O)CCN1C(=O)/C(=C/c2ccccc2OCc2ccc([N+](=O)[O-])cc2)SC1=S. The number of carboxylic acid groups (broad SMARTS) is 1. The summed E-state index contributed by atoms with van der Waals surface area (Å²) in [5.41, 5.74) is 1.43. The molecule has 0 unspecified atom stereocenters. The second-order valence-corrected chi connectivity index (χ2v) is 7.90. The Morgan fingerprint density at radius 3 is 2.60 bits per heavy atom. The molecule has 0 aliphatic carbocycles. The zero-order valence-corrected chi connectivity index (χ0v) is 17.1. The normalized spacial score (nSPS) is 14.9. The number of hydrogen-bond acceptors (Lipinski definition) is 7. The number of nitro groups is 1. The summed E-state index contributed by atoms with van der Waals surface area (Å²) in [6, 6.07) is 13.2. The van der Waals surface area contributed by atoms with Gasteiger partial charge in [-0.2, -0.15) is 0 Å². The number of para-hydroxylation sites is 1. The van der Waals surface area contributed by atoms with Crippen LogP contribution in [0.3, 0.4) is 0 Å². The average molecular weight is 444 g/mol. The molecular formula is C20H16N2O6S2. The highest BCUT2D eigenvalue weighted by Crippen LogP contribution is 2.34. The maximum absolute atomic E-state index is 12.6. The van der Waals surface area contributed by atoms with Crippen molar-refractivity contribution in [3.05, 3.63) is 74.7 Å². The first kappa shape index (κ1) is 21.5. The molecule has 1 aliphatic heterocycles. The molecule has 1 fully saturated rings. The van der Waals surface area contributed by atoms with Crippen molar-refractivity contribution in [1.29, 1.82) is 0 Å². The van der Waals surface area contributed by atoms with Crippen molar-refractivity contribution in [2.75, 3.05) is 6.54 Å². The number of amides is 1. The van der Waals surface area contributed by atoms with Gasteiger partial charge in [-0.25, -0.2) is 0 Å². The van der Waals surface area contributed by atoms with Crippen LogP contribution in [0.2, 0.25) is 0 Å². The first-order chi connectivity index (χ1) is 14.3. The van der Waals surface area contributed by atoms with E-state index in [9.17, 15) is 19.7 Å². The Balaban J connectivity index is 1.73. The minimum Gasteiger partial charge on any atom is -0.488 e. The fourth-order valence-corrected chi connectivity index (χ4v) is 3.95. The van der Waals surface area contributed by atoms with Gasteiger partial charge in [0.25, 0.3) is 11.6 Å². The van der Waals surface area contributed by atoms with Crippen LogP contribution in [0.15, 0.2) is 53.4 Å². The molecule has 2 aromatic carbocycles. The van der Waals surface area contributed by atoms with Gasteiger partial charge in [0.2, 0.25) is 0 Å². The highest BCUT2D eigenvalue weighted by molar-refractivity contribution is 8.26. The van der Waals surface area contributed by atoms with E-state index in [0.717, 1.165) is 17.3 Å². The van der Waals surface area contributed by atoms with E-state index >= 15 is 0 Å². The molecule has 1 aliphatic rings. The predicted molar refractivity (Wildman–Crippen MR) is 116 cm³/mol. The van der Waals surface area contributed by atoms with Gasteiger partial charge in [0, 0.05) is 24.2 Å². The molecule has 154 valence electrons. The van der Waals surface area contributed by atoms with Gasteiger partial charge < -0.3 is 9.84 Å². The van der Waals surface area contributed by atoms with Gasteiger partial charge in [0.05, 0.1) is 16.2 Å². The largest absolute Gasteiger partial charge is 0.488 e. The molecule has 10 heteroatoms. The molecule has 1 amide bonds. The lowest BCUT2D eigenvalue weighted by atomic mass is 10.1. The number of non-ortho nitro benzene ring substituents is 1. The Morgan fingerprint density at radius 2 is 1.93 bits per heavy atom. The predicted octanol–water partition coefficient (Wildman–Crippen LogP) is 3.85. The number of carbonyl (C=O) groups is 2. The zero-order valence-electron chi connectivity index (χ0n) is 15.5. The number of benzene rings is 2. The third kappa shape index (κ3) is 5.22. The second kappa shape index (κ2) is 9.51. The highest BCUT2D eigenvalue weighted by Gasteiger charge is 2.32. The number of carbonyl (C=O) groups excluding carboxylic acids is 1. The molecule has 0 spiro atoms. The van der Waals surface area contributed by atoms with Crippen LogP contribution in [0.25, 0.3) is 6.08 Å². The van der Waals surface area contributed by atoms with Crippen LogP contribution >= 0.6 is 24.0 Å². The minimum atomic E-state index is -1.00. The Morgan fingerprint density at radius 1 is 1.23 bits per heavy atom. The summed E-state index contributed by atoms with van der Waals surface area (Å²) in [6.45, 7) is 0.220. The fraction of sp³-hybridized carbons (Fsp3) is 0.150. The van der Waals surface area contributed by atoms with Crippen molar-refractivity contribution >= 4 is 51.9 Å². The maximum atomic E-state index is 12.6. The molecule has 0 bridgehead atoms. The van der Waals surface area contributed by atoms with E-state index in [1.807, 2.05) is 0 Å². The third-order valence-corrected chi connectivity index (χ3v) is 5.55. The summed E-state index contributed by atoms with van der Waals surface area (Å²) in [5, 5.41) is 19.6. The van der Waals surface area contributed by atoms with Crippen molar-refractivity contribution in [2.45, 2.75) is 13.0 Å². The van der Waals surface area contributed by atoms with E-state index in [4.69, 9.17) is 22.1 Å². The monoisotopic (exact) mass is 444 g/mol. The highest BCUT2D eigenvalue weighted by atomic mass is 32.2. The van der Waals surface area contributed by atoms with Crippen molar-refractivity contribution in [3.8, 4) is 5.75 Å². The number of nitrogens with zero attached hydrogens (tertiary/aromatic N) is 2. The van der Waals surface area contributed by atoms with Gasteiger partial charge in [-0.3, -0.25) is 24.6 Å². The standard InChI is InChI=1S/C20H16N2O6S2/c23-18(24)9-10-21-19(25)17(30-20(21)29)11-14-3-1-2-4-16(14)28-12-13-5-7-15(8-6-13)22(26)27/h1-8,11H,9-10,12H2,(H,23,24)/b17-11-. The van der Waals surface area contributed by atoms with Gasteiger partial charge in [0.15, 0.2) is 0 Å². The smallest absolute Gasteiger partial charge is 0.305 e. The molecule has 3 rings (SSSR count). The van der Waals surface area contributed by atoms with Gasteiger partial charge in [-0.1, -0.05) is 42.2 Å². The molecule has 1 N–H and O–H groups in total. The molecule has 2 aromatic rings. The number of nitro benzene ring substituents is 1. The molecule has 8 nitrogen and oxygen atoms in total. The number of rotatable bonds is 8. The lowest BCUT2D eigenvalue weighted by Gasteiger charge is -2.12. The van der Waals surface area contributed by atoms with Gasteiger partial charge >= 0.3 is 5.97 Å². The van der Waals surface area contributed by atoms with Crippen molar-refractivity contribution < 1.29 is 24.4 Å². The number of aliphatic carboxylic acids is 1. The Bertz CT molecular complexity index is 1040. The van der Waals surface area contributed by atoms with Gasteiger partial charge in [-0.05, 0) is 29.8 Å². The lowest BCUT2D eigenvalue weighted by molar-refractivity contribution is -0.384. The van der Waals surface area contributed by atoms with E-state index in [2.05, 4.69) is 0 Å². The van der Waals surface area contributed by atoms with Crippen LogP contribution in [0.5, 0.6) is 5.75 Å². The molecule has 0 radical (unpaired) electrons. The summed E-state index contributed by atoms with van der Waals surface area (Å²) < 4.78 is 6.16. The number of thiocarbonyl (C=S) groups is 1. The number of hydrogen-bond donors (Lipinski definition) is 1. The van der Waals surface area contributed by atoms with Crippen molar-refractivity contribution in [1.82, 2.24) is 4.90 Å². The van der Waals surface area contributed by atoms with Crippen LogP contribution in [0, 0.1) is 10.1 Å². The molecule has 30 heavy (non-hydrogen) atoms. The van der Waals surface area contributed by atoms with Crippen LogP contribution in [0.1, 0.15) is 17.5 Å². The number of ether oxygens (including phenoxy) is 1. The lowest BCUT2D eigenvalue weighted by Crippen LogP contribution is -2.30. The quantitative estimate of drug-likeness (QED) is 0.283. The topological polar surface area (TPSA) is 110 Å². The van der Waals surface area contributed by atoms with E-state index in [0.29, 0.717) is 20.5 Å². The fourth-order valence-electron chi connectivity index (χ4n) is 2.65. The summed E-state index contributed by atoms with van der Waals surface area (Å²) in [4.78, 5) is 35.3. The summed E-state index contributed by atoms with van der Waals surface area (Å²) in [5.74, 6) is -0.805. The van der Waals surface area contributed by atoms with Crippen LogP contribution < -0.4 is 4.74 Å². The first-order valence-corrected chi connectivity index (χ1v) is 10.00. The average Bonchev–Trinajstić information content (AvgIpc) is 2.98. The number of carboxylic acids is 1. The van der Waals surface area contributed by atoms with Crippen LogP contribution in [-0.2, 0) is 16.2 Å².